The van der Waals surface area contributed by atoms with Gasteiger partial charge in [-0.15, -0.1) is 0 Å². The molecule has 0 aromatic heterocycles. The predicted octanol–water partition coefficient (Wildman–Crippen LogP) is 6.20. The SMILES string of the molecule is CCOC(=O)CC(C)N1C(=O)c2cc(CCCCCNC(=O)OC(C)(C)C)ccc2N(C(C)C)C(=O)C1c1ccccc1. The summed E-state index contributed by atoms with van der Waals surface area (Å²) < 4.78 is 10.5. The first-order valence-corrected chi connectivity index (χ1v) is 15.3. The molecule has 2 aromatic carbocycles. The van der Waals surface area contributed by atoms with E-state index in [9.17, 15) is 19.2 Å². The predicted molar refractivity (Wildman–Crippen MR) is 167 cm³/mol. The number of benzene rings is 2. The van der Waals surface area contributed by atoms with E-state index in [2.05, 4.69) is 5.32 Å². The molecule has 0 bridgehead atoms. The molecule has 1 aliphatic rings. The van der Waals surface area contributed by atoms with E-state index in [4.69, 9.17) is 9.47 Å². The van der Waals surface area contributed by atoms with Crippen LogP contribution in [0.4, 0.5) is 10.5 Å². The summed E-state index contributed by atoms with van der Waals surface area (Å²) in [5.74, 6) is -0.919. The molecule has 1 heterocycles. The molecular formula is C34H47N3O6. The van der Waals surface area contributed by atoms with Crippen LogP contribution in [0.3, 0.4) is 0 Å². The van der Waals surface area contributed by atoms with Gasteiger partial charge in [0.15, 0.2) is 0 Å². The Labute approximate surface area is 255 Å². The van der Waals surface area contributed by atoms with Crippen LogP contribution in [0, 0.1) is 0 Å². The number of fused-ring (bicyclic) bond motifs is 1. The number of carbonyl (C=O) groups is 4. The number of ether oxygens (including phenoxy) is 2. The fourth-order valence-corrected chi connectivity index (χ4v) is 5.37. The van der Waals surface area contributed by atoms with Crippen molar-refractivity contribution in [2.24, 2.45) is 0 Å². The number of hydrogen-bond donors (Lipinski definition) is 1. The molecule has 0 fully saturated rings. The molecule has 43 heavy (non-hydrogen) atoms. The van der Waals surface area contributed by atoms with Crippen molar-refractivity contribution in [1.82, 2.24) is 10.2 Å². The van der Waals surface area contributed by atoms with Gasteiger partial charge in [0.05, 0.1) is 24.3 Å². The van der Waals surface area contributed by atoms with E-state index < -0.39 is 29.7 Å². The van der Waals surface area contributed by atoms with Crippen molar-refractivity contribution in [2.45, 2.75) is 104 Å². The highest BCUT2D eigenvalue weighted by Gasteiger charge is 2.43. The number of nitrogens with zero attached hydrogens (tertiary/aromatic N) is 2. The zero-order valence-corrected chi connectivity index (χ0v) is 26.6. The molecule has 0 radical (unpaired) electrons. The van der Waals surface area contributed by atoms with Crippen molar-refractivity contribution >= 4 is 29.6 Å². The van der Waals surface area contributed by atoms with Gasteiger partial charge >= 0.3 is 12.1 Å². The van der Waals surface area contributed by atoms with Crippen LogP contribution in [-0.2, 0) is 25.5 Å². The van der Waals surface area contributed by atoms with E-state index in [0.29, 0.717) is 23.4 Å². The number of anilines is 1. The monoisotopic (exact) mass is 593 g/mol. The maximum Gasteiger partial charge on any atom is 0.407 e. The molecule has 1 N–H and O–H groups in total. The summed E-state index contributed by atoms with van der Waals surface area (Å²) in [6.45, 7) is 13.7. The number of aryl methyl sites for hydroxylation is 1. The van der Waals surface area contributed by atoms with Crippen LogP contribution in [0.5, 0.6) is 0 Å². The summed E-state index contributed by atoms with van der Waals surface area (Å²) in [6, 6.07) is 13.3. The van der Waals surface area contributed by atoms with Gasteiger partial charge in [-0.2, -0.15) is 0 Å². The number of hydrogen-bond acceptors (Lipinski definition) is 6. The average Bonchev–Trinajstić information content (AvgIpc) is 3.02. The van der Waals surface area contributed by atoms with Crippen molar-refractivity contribution in [1.29, 1.82) is 0 Å². The molecule has 0 saturated carbocycles. The Kier molecular flexibility index (Phi) is 11.7. The summed E-state index contributed by atoms with van der Waals surface area (Å²) in [5, 5.41) is 2.78. The third-order valence-electron chi connectivity index (χ3n) is 7.22. The molecule has 9 heteroatoms. The van der Waals surface area contributed by atoms with Gasteiger partial charge in [-0.05, 0) is 91.0 Å². The minimum atomic E-state index is -0.895. The van der Waals surface area contributed by atoms with Gasteiger partial charge in [-0.25, -0.2) is 4.79 Å². The van der Waals surface area contributed by atoms with Gasteiger partial charge in [-0.3, -0.25) is 14.4 Å². The topological polar surface area (TPSA) is 105 Å². The number of alkyl carbamates (subject to hydrolysis) is 1. The number of carbonyl (C=O) groups excluding carboxylic acids is 4. The zero-order chi connectivity index (χ0) is 31.7. The van der Waals surface area contributed by atoms with E-state index in [0.717, 1.165) is 31.2 Å². The fourth-order valence-electron chi connectivity index (χ4n) is 5.37. The molecular weight excluding hydrogens is 546 g/mol. The molecule has 234 valence electrons. The van der Waals surface area contributed by atoms with Crippen LogP contribution in [0.15, 0.2) is 48.5 Å². The third-order valence-corrected chi connectivity index (χ3v) is 7.22. The maximum atomic E-state index is 14.4. The number of esters is 1. The number of amides is 3. The van der Waals surface area contributed by atoms with Gasteiger partial charge in [0.2, 0.25) is 0 Å². The molecule has 3 amide bonds. The lowest BCUT2D eigenvalue weighted by atomic mass is 10.00. The minimum Gasteiger partial charge on any atom is -0.466 e. The van der Waals surface area contributed by atoms with E-state index in [-0.39, 0.29) is 30.9 Å². The van der Waals surface area contributed by atoms with Crippen molar-refractivity contribution in [2.75, 3.05) is 18.1 Å². The van der Waals surface area contributed by atoms with Crippen LogP contribution in [0.2, 0.25) is 0 Å². The van der Waals surface area contributed by atoms with Crippen molar-refractivity contribution < 1.29 is 28.7 Å². The second kappa shape index (κ2) is 15.0. The molecule has 0 saturated heterocycles. The number of nitrogens with one attached hydrogen (secondary N) is 1. The van der Waals surface area contributed by atoms with Crippen molar-refractivity contribution in [3.05, 3.63) is 65.2 Å². The van der Waals surface area contributed by atoms with Crippen LogP contribution < -0.4 is 10.2 Å². The van der Waals surface area contributed by atoms with Crippen LogP contribution in [0.1, 0.15) is 102 Å². The Morgan fingerprint density at radius 1 is 0.977 bits per heavy atom. The summed E-state index contributed by atoms with van der Waals surface area (Å²) in [7, 11) is 0. The summed E-state index contributed by atoms with van der Waals surface area (Å²) in [4.78, 5) is 56.3. The molecule has 2 aromatic rings. The summed E-state index contributed by atoms with van der Waals surface area (Å²) in [6.07, 6.45) is 2.85. The normalized spacial score (nSPS) is 16.0. The van der Waals surface area contributed by atoms with Crippen molar-refractivity contribution in [3.63, 3.8) is 0 Å². The van der Waals surface area contributed by atoms with E-state index in [1.165, 1.54) is 0 Å². The highest BCUT2D eigenvalue weighted by Crippen LogP contribution is 2.38. The minimum absolute atomic E-state index is 0.0236. The van der Waals surface area contributed by atoms with Crippen LogP contribution in [0.25, 0.3) is 0 Å². The smallest absolute Gasteiger partial charge is 0.407 e. The molecule has 1 aliphatic heterocycles. The van der Waals surface area contributed by atoms with E-state index in [1.807, 2.05) is 83.1 Å². The summed E-state index contributed by atoms with van der Waals surface area (Å²) >= 11 is 0. The molecule has 0 aliphatic carbocycles. The largest absolute Gasteiger partial charge is 0.466 e. The van der Waals surface area contributed by atoms with Gasteiger partial charge < -0.3 is 24.6 Å². The first-order valence-electron chi connectivity index (χ1n) is 15.3. The van der Waals surface area contributed by atoms with Crippen LogP contribution >= 0.6 is 0 Å². The number of unbranched alkanes of at least 4 members (excludes halogenated alkanes) is 2. The van der Waals surface area contributed by atoms with Crippen molar-refractivity contribution in [3.8, 4) is 0 Å². The zero-order valence-electron chi connectivity index (χ0n) is 26.6. The lowest BCUT2D eigenvalue weighted by Gasteiger charge is -2.36. The highest BCUT2D eigenvalue weighted by molar-refractivity contribution is 6.11. The molecule has 3 rings (SSSR count). The molecule has 9 nitrogen and oxygen atoms in total. The quantitative estimate of drug-likeness (QED) is 0.232. The second-order valence-corrected chi connectivity index (χ2v) is 12.3. The average molecular weight is 594 g/mol. The lowest BCUT2D eigenvalue weighted by Crippen LogP contribution is -2.48. The Hall–Kier alpha value is -3.88. The lowest BCUT2D eigenvalue weighted by molar-refractivity contribution is -0.144. The Bertz CT molecular complexity index is 1270. The molecule has 2 unspecified atom stereocenters. The first-order chi connectivity index (χ1) is 20.3. The Morgan fingerprint density at radius 2 is 1.67 bits per heavy atom. The van der Waals surface area contributed by atoms with E-state index >= 15 is 0 Å². The molecule has 0 spiro atoms. The van der Waals surface area contributed by atoms with Gasteiger partial charge in [0.1, 0.15) is 11.6 Å². The standard InChI is InChI=1S/C34H47N3O6/c1-8-42-29(38)21-24(4)37-30(26-16-12-9-13-17-26)32(40)36(23(2)3)28-19-18-25(22-27(28)31(37)39)15-11-10-14-20-35-33(41)43-34(5,6)7/h9,12-13,16-19,22-24,30H,8,10-11,14-15,20-21H2,1-7H3,(H,35,41). The number of rotatable bonds is 12. The van der Waals surface area contributed by atoms with Gasteiger partial charge in [0.25, 0.3) is 11.8 Å². The highest BCUT2D eigenvalue weighted by atomic mass is 16.6. The third kappa shape index (κ3) is 9.05. The Morgan fingerprint density at radius 3 is 2.30 bits per heavy atom. The first kappa shape index (κ1) is 33.6. The second-order valence-electron chi connectivity index (χ2n) is 12.3. The van der Waals surface area contributed by atoms with E-state index in [1.54, 1.807) is 23.6 Å². The molecule has 2 atom stereocenters. The van der Waals surface area contributed by atoms with Crippen LogP contribution in [-0.4, -0.2) is 59.6 Å². The summed E-state index contributed by atoms with van der Waals surface area (Å²) in [5.41, 5.74) is 2.16. The maximum absolute atomic E-state index is 14.4. The Balaban J connectivity index is 1.86. The van der Waals surface area contributed by atoms with Gasteiger partial charge in [-0.1, -0.05) is 42.8 Å². The van der Waals surface area contributed by atoms with Gasteiger partial charge in [0, 0.05) is 18.6 Å². The fraction of sp³-hybridized carbons (Fsp3) is 0.529.